The molecule has 0 aliphatic rings. The summed E-state index contributed by atoms with van der Waals surface area (Å²) in [6, 6.07) is 8.90. The van der Waals surface area contributed by atoms with Gasteiger partial charge in [-0.1, -0.05) is 0 Å². The molecule has 6 nitrogen and oxygen atoms in total. The molecule has 0 bridgehead atoms. The Morgan fingerprint density at radius 3 is 2.61 bits per heavy atom. The van der Waals surface area contributed by atoms with E-state index in [2.05, 4.69) is 15.3 Å². The monoisotopic (exact) mass is 311 g/mol. The average Bonchev–Trinajstić information content (AvgIpc) is 3.03. The number of aryl methyl sites for hydroxylation is 1. The summed E-state index contributed by atoms with van der Waals surface area (Å²) in [5.74, 6) is 0.996. The number of ether oxygens (including phenoxy) is 2. The lowest BCUT2D eigenvalue weighted by molar-refractivity contribution is 0.102. The van der Waals surface area contributed by atoms with E-state index in [1.807, 2.05) is 19.1 Å². The first-order chi connectivity index (χ1) is 11.1. The number of anilines is 1. The third kappa shape index (κ3) is 2.83. The fraction of sp³-hybridized carbons (Fsp3) is 0.176. The first-order valence-electron chi connectivity index (χ1n) is 7.09. The van der Waals surface area contributed by atoms with Gasteiger partial charge in [0, 0.05) is 17.3 Å². The highest BCUT2D eigenvalue weighted by molar-refractivity contribution is 6.06. The van der Waals surface area contributed by atoms with Crippen LogP contribution in [-0.2, 0) is 0 Å². The third-order valence-corrected chi connectivity index (χ3v) is 3.66. The van der Waals surface area contributed by atoms with Gasteiger partial charge in [-0.15, -0.1) is 0 Å². The van der Waals surface area contributed by atoms with Crippen LogP contribution in [0, 0.1) is 6.92 Å². The highest BCUT2D eigenvalue weighted by Crippen LogP contribution is 2.33. The molecule has 2 aromatic carbocycles. The third-order valence-electron chi connectivity index (χ3n) is 3.66. The van der Waals surface area contributed by atoms with Crippen molar-refractivity contribution in [2.24, 2.45) is 0 Å². The van der Waals surface area contributed by atoms with Crippen LogP contribution in [0.15, 0.2) is 36.7 Å². The number of aromatic amines is 1. The summed E-state index contributed by atoms with van der Waals surface area (Å²) in [5, 5.41) is 2.90. The average molecular weight is 311 g/mol. The summed E-state index contributed by atoms with van der Waals surface area (Å²) in [5.41, 5.74) is 3.76. The Balaban J connectivity index is 1.90. The fourth-order valence-corrected chi connectivity index (χ4v) is 2.39. The van der Waals surface area contributed by atoms with Crippen LogP contribution in [0.25, 0.3) is 11.0 Å². The first kappa shape index (κ1) is 14.9. The molecule has 0 saturated heterocycles. The van der Waals surface area contributed by atoms with Crippen LogP contribution in [0.1, 0.15) is 15.9 Å². The molecule has 118 valence electrons. The van der Waals surface area contributed by atoms with Crippen molar-refractivity contribution in [3.05, 3.63) is 47.8 Å². The maximum absolute atomic E-state index is 12.5. The van der Waals surface area contributed by atoms with Crippen molar-refractivity contribution in [3.63, 3.8) is 0 Å². The van der Waals surface area contributed by atoms with Gasteiger partial charge in [0.05, 0.1) is 31.6 Å². The molecular formula is C17H17N3O3. The number of rotatable bonds is 4. The van der Waals surface area contributed by atoms with Crippen LogP contribution in [0.5, 0.6) is 11.5 Å². The van der Waals surface area contributed by atoms with Crippen LogP contribution in [0.4, 0.5) is 5.69 Å². The summed E-state index contributed by atoms with van der Waals surface area (Å²) in [7, 11) is 3.14. The molecule has 0 saturated carbocycles. The zero-order valence-electron chi connectivity index (χ0n) is 13.1. The molecule has 6 heteroatoms. The van der Waals surface area contributed by atoms with E-state index in [1.54, 1.807) is 38.7 Å². The minimum Gasteiger partial charge on any atom is -0.493 e. The standard InChI is InChI=1S/C17H17N3O3/c1-10-6-15(22-2)16(23-3)8-13(10)20-17(21)11-4-5-12-14(7-11)19-9-18-12/h4-9H,1-3H3,(H,18,19)(H,20,21). The predicted molar refractivity (Wildman–Crippen MR) is 88.3 cm³/mol. The lowest BCUT2D eigenvalue weighted by Gasteiger charge is -2.13. The second-order valence-corrected chi connectivity index (χ2v) is 5.11. The Morgan fingerprint density at radius 1 is 1.13 bits per heavy atom. The van der Waals surface area contributed by atoms with Gasteiger partial charge >= 0.3 is 0 Å². The summed E-state index contributed by atoms with van der Waals surface area (Å²) in [6.07, 6.45) is 1.60. The van der Waals surface area contributed by atoms with Gasteiger partial charge in [-0.3, -0.25) is 4.79 Å². The van der Waals surface area contributed by atoms with Crippen molar-refractivity contribution in [2.45, 2.75) is 6.92 Å². The van der Waals surface area contributed by atoms with Crippen molar-refractivity contribution in [1.82, 2.24) is 9.97 Å². The number of hydrogen-bond donors (Lipinski definition) is 2. The number of carbonyl (C=O) groups is 1. The van der Waals surface area contributed by atoms with Gasteiger partial charge < -0.3 is 19.8 Å². The number of hydrogen-bond acceptors (Lipinski definition) is 4. The number of benzene rings is 2. The summed E-state index contributed by atoms with van der Waals surface area (Å²) in [4.78, 5) is 19.6. The molecule has 0 aliphatic carbocycles. The molecule has 2 N–H and O–H groups in total. The van der Waals surface area contributed by atoms with Gasteiger partial charge in [0.15, 0.2) is 11.5 Å². The molecule has 0 spiro atoms. The van der Waals surface area contributed by atoms with Crippen molar-refractivity contribution >= 4 is 22.6 Å². The maximum atomic E-state index is 12.5. The van der Waals surface area contributed by atoms with Crippen molar-refractivity contribution in [1.29, 1.82) is 0 Å². The molecule has 0 fully saturated rings. The predicted octanol–water partition coefficient (Wildman–Crippen LogP) is 3.14. The van der Waals surface area contributed by atoms with Gasteiger partial charge in [-0.25, -0.2) is 4.98 Å². The van der Waals surface area contributed by atoms with Crippen LogP contribution in [-0.4, -0.2) is 30.1 Å². The topological polar surface area (TPSA) is 76.2 Å². The molecule has 1 aromatic heterocycles. The molecule has 1 heterocycles. The van der Waals surface area contributed by atoms with E-state index in [1.165, 1.54) is 0 Å². The number of aromatic nitrogens is 2. The Morgan fingerprint density at radius 2 is 1.87 bits per heavy atom. The summed E-state index contributed by atoms with van der Waals surface area (Å²) in [6.45, 7) is 1.90. The van der Waals surface area contributed by atoms with Crippen molar-refractivity contribution in [2.75, 3.05) is 19.5 Å². The number of carbonyl (C=O) groups excluding carboxylic acids is 1. The van der Waals surface area contributed by atoms with Crippen molar-refractivity contribution in [3.8, 4) is 11.5 Å². The maximum Gasteiger partial charge on any atom is 0.255 e. The molecular weight excluding hydrogens is 294 g/mol. The molecule has 0 radical (unpaired) electrons. The van der Waals surface area contributed by atoms with Crippen LogP contribution in [0.2, 0.25) is 0 Å². The number of nitrogens with one attached hydrogen (secondary N) is 2. The van der Waals surface area contributed by atoms with Gasteiger partial charge in [0.25, 0.3) is 5.91 Å². The van der Waals surface area contributed by atoms with E-state index in [4.69, 9.17) is 9.47 Å². The smallest absolute Gasteiger partial charge is 0.255 e. The van der Waals surface area contributed by atoms with Gasteiger partial charge in [-0.05, 0) is 36.8 Å². The quantitative estimate of drug-likeness (QED) is 0.776. The Kier molecular flexibility index (Phi) is 3.89. The zero-order chi connectivity index (χ0) is 16.4. The van der Waals surface area contributed by atoms with Gasteiger partial charge in [0.1, 0.15) is 0 Å². The highest BCUT2D eigenvalue weighted by atomic mass is 16.5. The van der Waals surface area contributed by atoms with Crippen LogP contribution < -0.4 is 14.8 Å². The number of methoxy groups -OCH3 is 2. The molecule has 23 heavy (non-hydrogen) atoms. The lowest BCUT2D eigenvalue weighted by Crippen LogP contribution is -2.13. The van der Waals surface area contributed by atoms with E-state index < -0.39 is 0 Å². The second-order valence-electron chi connectivity index (χ2n) is 5.11. The number of nitrogens with zero attached hydrogens (tertiary/aromatic N) is 1. The van der Waals surface area contributed by atoms with E-state index in [-0.39, 0.29) is 5.91 Å². The Labute approximate surface area is 133 Å². The SMILES string of the molecule is COc1cc(C)c(NC(=O)c2ccc3nc[nH]c3c2)cc1OC. The lowest BCUT2D eigenvalue weighted by atomic mass is 10.1. The largest absolute Gasteiger partial charge is 0.493 e. The highest BCUT2D eigenvalue weighted by Gasteiger charge is 2.13. The zero-order valence-corrected chi connectivity index (χ0v) is 13.1. The number of amides is 1. The molecule has 1 amide bonds. The normalized spacial score (nSPS) is 10.6. The molecule has 0 aliphatic heterocycles. The van der Waals surface area contributed by atoms with E-state index in [0.29, 0.717) is 22.7 Å². The second kappa shape index (κ2) is 6.00. The van der Waals surface area contributed by atoms with E-state index in [0.717, 1.165) is 16.6 Å². The summed E-state index contributed by atoms with van der Waals surface area (Å²) >= 11 is 0. The van der Waals surface area contributed by atoms with E-state index in [9.17, 15) is 4.79 Å². The minimum atomic E-state index is -0.197. The Bertz CT molecular complexity index is 871. The number of fused-ring (bicyclic) bond motifs is 1. The molecule has 3 aromatic rings. The minimum absolute atomic E-state index is 0.197. The molecule has 3 rings (SSSR count). The summed E-state index contributed by atoms with van der Waals surface area (Å²) < 4.78 is 10.5. The van der Waals surface area contributed by atoms with Gasteiger partial charge in [0.2, 0.25) is 0 Å². The number of H-pyrrole nitrogens is 1. The van der Waals surface area contributed by atoms with Crippen LogP contribution in [0.3, 0.4) is 0 Å². The first-order valence-corrected chi connectivity index (χ1v) is 7.09. The fourth-order valence-electron chi connectivity index (χ4n) is 2.39. The molecule has 0 atom stereocenters. The Hall–Kier alpha value is -3.02. The van der Waals surface area contributed by atoms with Crippen molar-refractivity contribution < 1.29 is 14.3 Å². The molecule has 0 unspecified atom stereocenters. The van der Waals surface area contributed by atoms with E-state index >= 15 is 0 Å². The van der Waals surface area contributed by atoms with Crippen LogP contribution >= 0.6 is 0 Å². The number of imidazole rings is 1. The van der Waals surface area contributed by atoms with Gasteiger partial charge in [-0.2, -0.15) is 0 Å².